The van der Waals surface area contributed by atoms with Crippen LogP contribution < -0.4 is 0 Å². The van der Waals surface area contributed by atoms with Crippen LogP contribution in [0.4, 0.5) is 26.3 Å². The van der Waals surface area contributed by atoms with E-state index in [0.29, 0.717) is 0 Å². The molecule has 0 amide bonds. The predicted molar refractivity (Wildman–Crippen MR) is 43.7 cm³/mol. The van der Waals surface area contributed by atoms with E-state index in [1.54, 1.807) is 0 Å². The molecule has 14 heteroatoms. The highest BCUT2D eigenvalue weighted by Gasteiger charge is 2.61. The molecule has 0 aliphatic carbocycles. The summed E-state index contributed by atoms with van der Waals surface area (Å²) in [6.07, 6.45) is 0. The minimum Gasteiger partial charge on any atom is -0.395 e. The lowest BCUT2D eigenvalue weighted by Crippen LogP contribution is -2.50. The highest BCUT2D eigenvalue weighted by molar-refractivity contribution is 8.04. The van der Waals surface area contributed by atoms with Gasteiger partial charge < -0.3 is 5.11 Å². The number of alkyl halides is 6. The van der Waals surface area contributed by atoms with Crippen LogP contribution in [0.1, 0.15) is 0 Å². The monoisotopic (exact) mass is 325 g/mol. The van der Waals surface area contributed by atoms with Gasteiger partial charge in [0.15, 0.2) is 0 Å². The molecule has 110 valence electrons. The summed E-state index contributed by atoms with van der Waals surface area (Å²) in [7, 11) is -13.6. The summed E-state index contributed by atoms with van der Waals surface area (Å²) < 4.78 is 113. The van der Waals surface area contributed by atoms with E-state index in [2.05, 4.69) is 0 Å². The fourth-order valence-electron chi connectivity index (χ4n) is 0.682. The number of aliphatic hydroxyl groups is 1. The lowest BCUT2D eigenvalue weighted by molar-refractivity contribution is -0.0533. The molecule has 0 fully saturated rings. The van der Waals surface area contributed by atoms with Crippen LogP contribution in [0.3, 0.4) is 0 Å². The zero-order valence-electron chi connectivity index (χ0n) is 8.03. The van der Waals surface area contributed by atoms with Crippen molar-refractivity contribution in [1.82, 2.24) is 3.71 Å². The molecule has 0 aliphatic rings. The van der Waals surface area contributed by atoms with Gasteiger partial charge in [0.25, 0.3) is 0 Å². The molecule has 0 aromatic heterocycles. The van der Waals surface area contributed by atoms with E-state index in [0.717, 1.165) is 0 Å². The summed E-state index contributed by atoms with van der Waals surface area (Å²) in [5.74, 6) is 0. The largest absolute Gasteiger partial charge is 0.512 e. The third-order valence-corrected chi connectivity index (χ3v) is 5.19. The summed E-state index contributed by atoms with van der Waals surface area (Å²) >= 11 is 0. The van der Waals surface area contributed by atoms with Crippen molar-refractivity contribution < 1.29 is 48.3 Å². The van der Waals surface area contributed by atoms with E-state index < -0.39 is 47.9 Å². The Morgan fingerprint density at radius 2 is 1.11 bits per heavy atom. The van der Waals surface area contributed by atoms with Crippen molar-refractivity contribution in [2.24, 2.45) is 0 Å². The molecule has 1 N–H and O–H groups in total. The number of sulfonamides is 2. The molecule has 0 spiro atoms. The minimum absolute atomic E-state index is 1.55. The Bertz CT molecular complexity index is 445. The number of hydrogen-bond acceptors (Lipinski definition) is 5. The molecule has 0 aliphatic heterocycles. The van der Waals surface area contributed by atoms with Gasteiger partial charge in [0.05, 0.1) is 13.2 Å². The van der Waals surface area contributed by atoms with E-state index in [-0.39, 0.29) is 0 Å². The number of hydrogen-bond donors (Lipinski definition) is 1. The highest BCUT2D eigenvalue weighted by atomic mass is 32.3. The lowest BCUT2D eigenvalue weighted by Gasteiger charge is -2.22. The zero-order valence-corrected chi connectivity index (χ0v) is 9.66. The molecule has 0 saturated carbocycles. The molecule has 0 radical (unpaired) electrons. The van der Waals surface area contributed by atoms with Crippen LogP contribution in [0.15, 0.2) is 0 Å². The second-order valence-electron chi connectivity index (χ2n) is 2.62. The summed E-state index contributed by atoms with van der Waals surface area (Å²) in [6.45, 7) is -3.45. The molecule has 0 atom stereocenters. The molecule has 0 aromatic carbocycles. The van der Waals surface area contributed by atoms with Gasteiger partial charge in [-0.3, -0.25) is 0 Å². The standard InChI is InChI=1S/C4H5F6NO5S2/c5-3(6,7)17(13,14)11(1-2-12)18(15,16)4(8,9)10/h12H,1-2H2. The second-order valence-corrected chi connectivity index (χ2v) is 6.56. The van der Waals surface area contributed by atoms with Crippen molar-refractivity contribution in [3.63, 3.8) is 0 Å². The first-order valence-electron chi connectivity index (χ1n) is 3.71. The van der Waals surface area contributed by atoms with Crippen molar-refractivity contribution >= 4 is 20.0 Å². The van der Waals surface area contributed by atoms with Gasteiger partial charge in [0.2, 0.25) is 0 Å². The average molecular weight is 325 g/mol. The smallest absolute Gasteiger partial charge is 0.395 e. The minimum atomic E-state index is -6.78. The summed E-state index contributed by atoms with van der Waals surface area (Å²) in [5.41, 5.74) is -12.5. The zero-order chi connectivity index (χ0) is 15.0. The maximum Gasteiger partial charge on any atom is 0.512 e. The predicted octanol–water partition coefficient (Wildman–Crippen LogP) is -0.0201. The lowest BCUT2D eigenvalue weighted by atomic mass is 10.8. The molecule has 6 nitrogen and oxygen atoms in total. The molecular formula is C4H5F6NO5S2. The summed E-state index contributed by atoms with van der Waals surface area (Å²) in [5, 5.41) is 8.19. The third-order valence-electron chi connectivity index (χ3n) is 1.40. The number of nitrogens with zero attached hydrogens (tertiary/aromatic N) is 1. The Labute approximate surface area is 96.9 Å². The Kier molecular flexibility index (Phi) is 4.66. The van der Waals surface area contributed by atoms with Crippen molar-refractivity contribution in [2.75, 3.05) is 13.2 Å². The van der Waals surface area contributed by atoms with Gasteiger partial charge in [-0.15, -0.1) is 0 Å². The number of rotatable bonds is 4. The molecule has 0 rings (SSSR count). The Morgan fingerprint density at radius 1 is 0.833 bits per heavy atom. The molecule has 0 saturated heterocycles. The topological polar surface area (TPSA) is 91.8 Å². The fraction of sp³-hybridized carbons (Fsp3) is 1.00. The van der Waals surface area contributed by atoms with Crippen LogP contribution in [0.5, 0.6) is 0 Å². The van der Waals surface area contributed by atoms with Crippen LogP contribution in [-0.4, -0.2) is 49.8 Å². The van der Waals surface area contributed by atoms with Gasteiger partial charge >= 0.3 is 31.1 Å². The van der Waals surface area contributed by atoms with Crippen molar-refractivity contribution in [3.8, 4) is 0 Å². The van der Waals surface area contributed by atoms with Gasteiger partial charge in [0.1, 0.15) is 0 Å². The Morgan fingerprint density at radius 3 is 1.28 bits per heavy atom. The van der Waals surface area contributed by atoms with Gasteiger partial charge in [-0.25, -0.2) is 16.8 Å². The van der Waals surface area contributed by atoms with Crippen LogP contribution in [0.2, 0.25) is 0 Å². The normalized spacial score (nSPS) is 15.1. The maximum atomic E-state index is 12.0. The first-order chi connectivity index (χ1) is 7.69. The average Bonchev–Trinajstić information content (AvgIpc) is 2.09. The first kappa shape index (κ1) is 17.4. The number of halogens is 6. The van der Waals surface area contributed by atoms with Gasteiger partial charge in [-0.2, -0.15) is 26.3 Å². The van der Waals surface area contributed by atoms with E-state index in [4.69, 9.17) is 5.11 Å². The Hall–Kier alpha value is -0.600. The van der Waals surface area contributed by atoms with Gasteiger partial charge in [-0.1, -0.05) is 3.71 Å². The van der Waals surface area contributed by atoms with E-state index in [1.807, 2.05) is 0 Å². The summed E-state index contributed by atoms with van der Waals surface area (Å²) in [4.78, 5) is 0. The van der Waals surface area contributed by atoms with Crippen molar-refractivity contribution in [2.45, 2.75) is 11.0 Å². The molecular weight excluding hydrogens is 320 g/mol. The van der Waals surface area contributed by atoms with Gasteiger partial charge in [0, 0.05) is 0 Å². The van der Waals surface area contributed by atoms with Crippen LogP contribution in [-0.2, 0) is 20.0 Å². The molecule has 0 bridgehead atoms. The molecule has 0 aromatic rings. The SMILES string of the molecule is O=S(=O)(N(CCO)S(=O)(=O)C(F)(F)F)C(F)(F)F. The van der Waals surface area contributed by atoms with E-state index in [1.165, 1.54) is 0 Å². The van der Waals surface area contributed by atoms with Crippen LogP contribution >= 0.6 is 0 Å². The quantitative estimate of drug-likeness (QED) is 0.734. The van der Waals surface area contributed by atoms with Crippen molar-refractivity contribution in [3.05, 3.63) is 0 Å². The van der Waals surface area contributed by atoms with Crippen LogP contribution in [0, 0.1) is 0 Å². The van der Waals surface area contributed by atoms with Gasteiger partial charge in [-0.05, 0) is 0 Å². The van der Waals surface area contributed by atoms with Crippen molar-refractivity contribution in [1.29, 1.82) is 0 Å². The summed E-state index contributed by atoms with van der Waals surface area (Å²) in [6, 6.07) is 0. The molecule has 18 heavy (non-hydrogen) atoms. The van der Waals surface area contributed by atoms with Crippen LogP contribution in [0.25, 0.3) is 0 Å². The highest BCUT2D eigenvalue weighted by Crippen LogP contribution is 2.34. The first-order valence-corrected chi connectivity index (χ1v) is 6.59. The van der Waals surface area contributed by atoms with E-state index >= 15 is 0 Å². The molecule has 0 heterocycles. The second kappa shape index (κ2) is 4.82. The number of aliphatic hydroxyl groups excluding tert-OH is 1. The fourth-order valence-corrected chi connectivity index (χ4v) is 3.33. The Balaban J connectivity index is 5.95. The van der Waals surface area contributed by atoms with E-state index in [9.17, 15) is 43.2 Å². The third kappa shape index (κ3) is 3.04. The molecule has 0 unspecified atom stereocenters. The maximum absolute atomic E-state index is 12.0.